The summed E-state index contributed by atoms with van der Waals surface area (Å²) in [6.45, 7) is -5.20. The molecule has 2 heterocycles. The summed E-state index contributed by atoms with van der Waals surface area (Å²) in [4.78, 5) is 0. The van der Waals surface area contributed by atoms with E-state index in [2.05, 4.69) is 18.9 Å². The molecular formula is C20H18F12O4. The van der Waals surface area contributed by atoms with E-state index in [1.165, 1.54) is 0 Å². The van der Waals surface area contributed by atoms with Crippen LogP contribution >= 0.6 is 0 Å². The largest absolute Gasteiger partial charge is 0.409 e. The van der Waals surface area contributed by atoms with Gasteiger partial charge in [0.25, 0.3) is 0 Å². The minimum Gasteiger partial charge on any atom is -0.377 e. The first-order valence-corrected chi connectivity index (χ1v) is 10.1. The topological polar surface area (TPSA) is 43.5 Å². The number of epoxide rings is 2. The molecule has 2 atom stereocenters. The molecule has 16 heteroatoms. The Labute approximate surface area is 195 Å². The molecule has 1 aromatic carbocycles. The number of ether oxygens (including phenoxy) is 4. The van der Waals surface area contributed by atoms with E-state index in [1.807, 2.05) is 0 Å². The lowest BCUT2D eigenvalue weighted by Gasteiger charge is -2.39. The van der Waals surface area contributed by atoms with Crippen LogP contribution in [0.2, 0.25) is 0 Å². The number of hydrogen-bond donors (Lipinski definition) is 0. The van der Waals surface area contributed by atoms with Crippen LogP contribution in [0.4, 0.5) is 52.7 Å². The van der Waals surface area contributed by atoms with Crippen molar-refractivity contribution in [3.05, 3.63) is 35.4 Å². The molecule has 2 fully saturated rings. The molecule has 0 aromatic heterocycles. The summed E-state index contributed by atoms with van der Waals surface area (Å²) in [5, 5.41) is 0. The Morgan fingerprint density at radius 2 is 0.806 bits per heavy atom. The second kappa shape index (κ2) is 9.51. The molecule has 0 saturated carbocycles. The Bertz CT molecular complexity index is 779. The highest BCUT2D eigenvalue weighted by Crippen LogP contribution is 2.55. The third-order valence-electron chi connectivity index (χ3n) is 5.86. The van der Waals surface area contributed by atoms with Gasteiger partial charge in [0.1, 0.15) is 12.2 Å². The van der Waals surface area contributed by atoms with Gasteiger partial charge >= 0.3 is 24.7 Å². The molecule has 2 unspecified atom stereocenters. The summed E-state index contributed by atoms with van der Waals surface area (Å²) in [5.74, 6) is 0. The van der Waals surface area contributed by atoms with Crippen molar-refractivity contribution in [2.45, 2.75) is 47.7 Å². The van der Waals surface area contributed by atoms with Gasteiger partial charge in [-0.25, -0.2) is 0 Å². The zero-order valence-electron chi connectivity index (χ0n) is 17.9. The van der Waals surface area contributed by atoms with Gasteiger partial charge in [0.05, 0.1) is 39.6 Å². The van der Waals surface area contributed by atoms with Crippen molar-refractivity contribution in [1.29, 1.82) is 0 Å². The summed E-state index contributed by atoms with van der Waals surface area (Å²) < 4.78 is 184. The molecule has 1 aromatic rings. The molecule has 0 radical (unpaired) electrons. The highest BCUT2D eigenvalue weighted by Gasteiger charge is 2.73. The van der Waals surface area contributed by atoms with Crippen molar-refractivity contribution in [2.24, 2.45) is 0 Å². The van der Waals surface area contributed by atoms with Gasteiger partial charge in [0.2, 0.25) is 10.8 Å². The smallest absolute Gasteiger partial charge is 0.377 e. The molecule has 0 spiro atoms. The number of rotatable bonds is 10. The van der Waals surface area contributed by atoms with E-state index in [0.717, 1.165) is 0 Å². The van der Waals surface area contributed by atoms with Crippen LogP contribution < -0.4 is 0 Å². The molecule has 2 aliphatic heterocycles. The summed E-state index contributed by atoms with van der Waals surface area (Å²) in [7, 11) is 0. The monoisotopic (exact) mass is 550 g/mol. The minimum absolute atomic E-state index is 0.0473. The van der Waals surface area contributed by atoms with E-state index < -0.39 is 85.3 Å². The van der Waals surface area contributed by atoms with Crippen molar-refractivity contribution < 1.29 is 71.6 Å². The number of hydrogen-bond acceptors (Lipinski definition) is 4. The van der Waals surface area contributed by atoms with Gasteiger partial charge in [-0.1, -0.05) is 24.3 Å². The zero-order chi connectivity index (χ0) is 27.2. The first kappa shape index (κ1) is 28.8. The van der Waals surface area contributed by atoms with E-state index in [9.17, 15) is 52.7 Å². The van der Waals surface area contributed by atoms with Crippen LogP contribution in [0.1, 0.15) is 11.1 Å². The minimum atomic E-state index is -6.07. The number of alkyl halides is 12. The Kier molecular flexibility index (Phi) is 7.60. The Morgan fingerprint density at radius 1 is 0.556 bits per heavy atom. The van der Waals surface area contributed by atoms with Crippen molar-refractivity contribution >= 4 is 0 Å². The third-order valence-corrected chi connectivity index (χ3v) is 5.86. The molecule has 206 valence electrons. The lowest BCUT2D eigenvalue weighted by molar-refractivity contribution is -0.316. The van der Waals surface area contributed by atoms with Crippen LogP contribution in [0.3, 0.4) is 0 Å². The summed E-state index contributed by atoms with van der Waals surface area (Å²) >= 11 is 0. The highest BCUT2D eigenvalue weighted by molar-refractivity contribution is 5.38. The fourth-order valence-corrected chi connectivity index (χ4v) is 3.52. The predicted molar refractivity (Wildman–Crippen MR) is 95.1 cm³/mol. The van der Waals surface area contributed by atoms with Crippen LogP contribution in [0.5, 0.6) is 0 Å². The maximum atomic E-state index is 13.8. The molecule has 3 rings (SSSR count). The maximum Gasteiger partial charge on any atom is 0.409 e. The summed E-state index contributed by atoms with van der Waals surface area (Å²) in [6, 6.07) is -0.264. The molecular weight excluding hydrogens is 532 g/mol. The van der Waals surface area contributed by atoms with E-state index in [4.69, 9.17) is 0 Å². The normalized spacial score (nSPS) is 21.6. The van der Waals surface area contributed by atoms with Crippen molar-refractivity contribution in [2.75, 3.05) is 39.6 Å². The van der Waals surface area contributed by atoms with E-state index >= 15 is 0 Å². The molecule has 2 saturated heterocycles. The van der Waals surface area contributed by atoms with Gasteiger partial charge in [-0.2, -0.15) is 52.7 Å². The van der Waals surface area contributed by atoms with Crippen molar-refractivity contribution in [1.82, 2.24) is 0 Å². The van der Waals surface area contributed by atoms with Crippen LogP contribution in [-0.2, 0) is 29.8 Å². The second-order valence-corrected chi connectivity index (χ2v) is 8.32. The Hall–Kier alpha value is -1.78. The fourth-order valence-electron chi connectivity index (χ4n) is 3.52. The molecule has 36 heavy (non-hydrogen) atoms. The van der Waals surface area contributed by atoms with Gasteiger partial charge in [-0.3, -0.25) is 0 Å². The molecule has 2 aliphatic rings. The average Bonchev–Trinajstić information content (AvgIpc) is 3.61. The van der Waals surface area contributed by atoms with Crippen molar-refractivity contribution in [3.8, 4) is 0 Å². The lowest BCUT2D eigenvalue weighted by atomic mass is 9.75. The quantitative estimate of drug-likeness (QED) is 0.295. The predicted octanol–water partition coefficient (Wildman–Crippen LogP) is 5.24. The van der Waals surface area contributed by atoms with Crippen LogP contribution in [0, 0.1) is 0 Å². The molecule has 0 bridgehead atoms. The van der Waals surface area contributed by atoms with Crippen LogP contribution in [0.25, 0.3) is 0 Å². The standard InChI is InChI=1S/C20H18F12O4/c21-17(22,23)15(18(24,25)26,9-33-5-13-7-35-13)11-1-2-12(4-3-11)16(19(27,28)29,20(30,31)32)10-34-6-14-8-36-14/h1-4,13-14H,5-10H2. The highest BCUT2D eigenvalue weighted by atomic mass is 19.4. The maximum absolute atomic E-state index is 13.8. The average molecular weight is 550 g/mol. The fraction of sp³-hybridized carbons (Fsp3) is 0.700. The van der Waals surface area contributed by atoms with Crippen LogP contribution in [0.15, 0.2) is 24.3 Å². The third kappa shape index (κ3) is 5.41. The lowest BCUT2D eigenvalue weighted by Crippen LogP contribution is -2.58. The second-order valence-electron chi connectivity index (χ2n) is 8.32. The molecule has 0 N–H and O–H groups in total. The Morgan fingerprint density at radius 3 is 1.00 bits per heavy atom. The molecule has 4 nitrogen and oxygen atoms in total. The molecule has 0 amide bonds. The van der Waals surface area contributed by atoms with E-state index in [0.29, 0.717) is 0 Å². The van der Waals surface area contributed by atoms with Gasteiger partial charge in [0.15, 0.2) is 0 Å². The van der Waals surface area contributed by atoms with E-state index in [1.54, 1.807) is 0 Å². The van der Waals surface area contributed by atoms with Crippen molar-refractivity contribution in [3.63, 3.8) is 0 Å². The Balaban J connectivity index is 2.05. The summed E-state index contributed by atoms with van der Waals surface area (Å²) in [6.07, 6.45) is -25.7. The van der Waals surface area contributed by atoms with Gasteiger partial charge in [0, 0.05) is 0 Å². The molecule has 0 aliphatic carbocycles. The first-order valence-electron chi connectivity index (χ1n) is 10.1. The zero-order valence-corrected chi connectivity index (χ0v) is 17.9. The first-order chi connectivity index (χ1) is 16.4. The van der Waals surface area contributed by atoms with Gasteiger partial charge in [-0.15, -0.1) is 0 Å². The number of halogens is 12. The van der Waals surface area contributed by atoms with Gasteiger partial charge < -0.3 is 18.9 Å². The van der Waals surface area contributed by atoms with Gasteiger partial charge in [-0.05, 0) is 11.1 Å². The SMILES string of the molecule is FC(F)(F)C(COCC1CO1)(c1ccc(C(COCC2CO2)(C(F)(F)F)C(F)(F)F)cc1)C(F)(F)F. The number of benzene rings is 1. The van der Waals surface area contributed by atoms with Crippen LogP contribution in [-0.4, -0.2) is 76.6 Å². The summed E-state index contributed by atoms with van der Waals surface area (Å²) in [5.41, 5.74) is -12.7. The van der Waals surface area contributed by atoms with E-state index in [-0.39, 0.29) is 37.5 Å².